The molecule has 3 unspecified atom stereocenters. The lowest BCUT2D eigenvalue weighted by atomic mass is 10.0. The van der Waals surface area contributed by atoms with Crippen LogP contribution in [0.15, 0.2) is 182 Å². The lowest BCUT2D eigenvalue weighted by molar-refractivity contribution is 0.101. The summed E-state index contributed by atoms with van der Waals surface area (Å²) in [6.45, 7) is 11.2. The highest BCUT2D eigenvalue weighted by atomic mass is 16.2. The number of aromatic nitrogens is 4. The predicted molar refractivity (Wildman–Crippen MR) is 300 cm³/mol. The Balaban J connectivity index is 0.000000182. The minimum absolute atomic E-state index is 0.0260. The molecule has 0 aliphatic carbocycles. The molecule has 2 aliphatic rings. The normalized spacial score (nSPS) is 13.2. The zero-order valence-electron chi connectivity index (χ0n) is 44.0. The SMILES string of the molecule is CC(=O)c1ccccc1.CC(c1ccccc1)N(C)C(=O)N1CCc2[nH]nc(-c3ccccc3)c2C1.CN.CNC(C)c1ccccc1.CNC(C)c1ccccc1.c1ccc(-c2n[nH]c3c2CNCC3)cc1. The van der Waals surface area contributed by atoms with Gasteiger partial charge in [0.25, 0.3) is 0 Å². The maximum Gasteiger partial charge on any atom is 0.320 e. The van der Waals surface area contributed by atoms with Crippen LogP contribution in [0.2, 0.25) is 0 Å². The van der Waals surface area contributed by atoms with Crippen molar-refractivity contribution >= 4 is 11.8 Å². The van der Waals surface area contributed by atoms with E-state index in [0.717, 1.165) is 65.3 Å². The van der Waals surface area contributed by atoms with E-state index in [9.17, 15) is 9.59 Å². The van der Waals surface area contributed by atoms with Gasteiger partial charge in [-0.15, -0.1) is 0 Å². The van der Waals surface area contributed by atoms with Crippen molar-refractivity contribution in [2.45, 2.75) is 71.8 Å². The summed E-state index contributed by atoms with van der Waals surface area (Å²) in [5.74, 6) is 0.121. The molecule has 6 aromatic carbocycles. The average molecular weight is 981 g/mol. The third-order valence-corrected chi connectivity index (χ3v) is 12.9. The molecule has 8 aromatic rings. The molecule has 3 atom stereocenters. The Morgan fingerprint density at radius 3 is 1.40 bits per heavy atom. The molecule has 12 heteroatoms. The zero-order chi connectivity index (χ0) is 52.4. The highest BCUT2D eigenvalue weighted by Crippen LogP contribution is 2.30. The number of H-pyrrole nitrogens is 2. The molecule has 0 fully saturated rings. The monoisotopic (exact) mass is 981 g/mol. The van der Waals surface area contributed by atoms with Crippen LogP contribution < -0.4 is 21.7 Å². The first kappa shape index (κ1) is 56.4. The second kappa shape index (κ2) is 30.4. The largest absolute Gasteiger partial charge is 0.333 e. The zero-order valence-corrected chi connectivity index (χ0v) is 44.0. The molecule has 0 spiro atoms. The van der Waals surface area contributed by atoms with Gasteiger partial charge in [0.15, 0.2) is 5.78 Å². The van der Waals surface area contributed by atoms with Crippen molar-refractivity contribution in [3.63, 3.8) is 0 Å². The van der Waals surface area contributed by atoms with Crippen LogP contribution in [-0.4, -0.2) is 83.3 Å². The van der Waals surface area contributed by atoms with E-state index in [1.54, 1.807) is 6.92 Å². The summed E-state index contributed by atoms with van der Waals surface area (Å²) in [6.07, 6.45) is 1.85. The van der Waals surface area contributed by atoms with Gasteiger partial charge in [-0.25, -0.2) is 4.79 Å². The quantitative estimate of drug-likeness (QED) is 0.0780. The standard InChI is InChI=1S/C22H24N4O.C12H13N3.2C9H13N.C8H8O.CH5N/c1-16(17-9-5-3-6-10-17)25(2)22(27)26-14-13-20-19(15-26)21(24-23-20)18-11-7-4-8-12-18;1-2-4-9(5-3-1)12-10-8-13-7-6-11(10)14-15-12;2*1-8(10-2)9-6-4-3-5-7-9;1-7(9)8-5-3-2-4-6-8;1-2/h3-12,16H,13-15H2,1-2H3,(H,23,24);1-5,13H,6-8H2,(H,14,15);2*3-8,10H,1-2H3;2-6H,1H3;2H2,1H3. The molecule has 73 heavy (non-hydrogen) atoms. The number of fused-ring (bicyclic) bond motifs is 2. The molecule has 12 nitrogen and oxygen atoms in total. The molecule has 0 saturated heterocycles. The molecule has 0 bridgehead atoms. The lowest BCUT2D eigenvalue weighted by Gasteiger charge is -2.34. The molecular weight excluding hydrogens is 905 g/mol. The molecule has 2 aliphatic heterocycles. The first-order valence-corrected chi connectivity index (χ1v) is 25.2. The topological polar surface area (TPSA) is 160 Å². The number of ketones is 1. The fraction of sp³-hybridized carbons (Fsp3) is 0.279. The van der Waals surface area contributed by atoms with Gasteiger partial charge in [0.05, 0.1) is 24.0 Å². The maximum atomic E-state index is 13.1. The van der Waals surface area contributed by atoms with Crippen molar-refractivity contribution in [3.8, 4) is 22.5 Å². The van der Waals surface area contributed by atoms with Crippen LogP contribution in [0, 0.1) is 0 Å². The molecule has 382 valence electrons. The van der Waals surface area contributed by atoms with Crippen molar-refractivity contribution in [3.05, 3.63) is 227 Å². The Labute approximate surface area is 433 Å². The maximum absolute atomic E-state index is 13.1. The summed E-state index contributed by atoms with van der Waals surface area (Å²) in [5, 5.41) is 25.0. The van der Waals surface area contributed by atoms with E-state index in [2.05, 4.69) is 148 Å². The Morgan fingerprint density at radius 2 is 0.973 bits per heavy atom. The number of carbonyl (C=O) groups is 2. The van der Waals surface area contributed by atoms with E-state index in [4.69, 9.17) is 0 Å². The second-order valence-corrected chi connectivity index (χ2v) is 17.6. The number of aromatic amines is 2. The number of amides is 2. The molecule has 10 rings (SSSR count). The third-order valence-electron chi connectivity index (χ3n) is 12.9. The Hall–Kier alpha value is -7.48. The summed E-state index contributed by atoms with van der Waals surface area (Å²) in [6, 6.07) is 61.6. The van der Waals surface area contributed by atoms with Crippen LogP contribution in [0.25, 0.3) is 22.5 Å². The summed E-state index contributed by atoms with van der Waals surface area (Å²) in [7, 11) is 7.32. The van der Waals surface area contributed by atoms with Crippen molar-refractivity contribution in [2.24, 2.45) is 5.73 Å². The number of benzene rings is 6. The Bertz CT molecular complexity index is 2720. The fourth-order valence-corrected chi connectivity index (χ4v) is 8.19. The number of urea groups is 1. The highest BCUT2D eigenvalue weighted by molar-refractivity contribution is 5.93. The number of rotatable bonds is 9. The first-order chi connectivity index (χ1) is 35.6. The minimum atomic E-state index is 0.0260. The van der Waals surface area contributed by atoms with Crippen molar-refractivity contribution in [1.82, 2.24) is 46.1 Å². The number of Topliss-reactive ketones (excluding diaryl/α,β-unsaturated/α-hetero) is 1. The van der Waals surface area contributed by atoms with Gasteiger partial charge in [-0.1, -0.05) is 182 Å². The van der Waals surface area contributed by atoms with Crippen LogP contribution in [0.1, 0.15) is 95.4 Å². The first-order valence-electron chi connectivity index (χ1n) is 25.2. The number of nitrogens with zero attached hydrogens (tertiary/aromatic N) is 4. The van der Waals surface area contributed by atoms with E-state index in [-0.39, 0.29) is 17.9 Å². The van der Waals surface area contributed by atoms with Crippen molar-refractivity contribution in [2.75, 3.05) is 41.3 Å². The minimum Gasteiger partial charge on any atom is -0.333 e. The Kier molecular flexibility index (Phi) is 23.5. The molecule has 2 amide bonds. The van der Waals surface area contributed by atoms with Crippen molar-refractivity contribution < 1.29 is 9.59 Å². The second-order valence-electron chi connectivity index (χ2n) is 17.6. The highest BCUT2D eigenvalue weighted by Gasteiger charge is 2.29. The van der Waals surface area contributed by atoms with Gasteiger partial charge in [0, 0.05) is 90.8 Å². The summed E-state index contributed by atoms with van der Waals surface area (Å²) < 4.78 is 0. The van der Waals surface area contributed by atoms with Crippen LogP contribution in [-0.2, 0) is 25.9 Å². The van der Waals surface area contributed by atoms with E-state index in [0.29, 0.717) is 25.2 Å². The van der Waals surface area contributed by atoms with Crippen molar-refractivity contribution in [1.29, 1.82) is 0 Å². The molecule has 7 N–H and O–H groups in total. The van der Waals surface area contributed by atoms with Gasteiger partial charge in [-0.3, -0.25) is 15.0 Å². The van der Waals surface area contributed by atoms with E-state index >= 15 is 0 Å². The Morgan fingerprint density at radius 1 is 0.575 bits per heavy atom. The molecule has 4 heterocycles. The van der Waals surface area contributed by atoms with Crippen LogP contribution in [0.4, 0.5) is 4.79 Å². The van der Waals surface area contributed by atoms with Gasteiger partial charge >= 0.3 is 6.03 Å². The van der Waals surface area contributed by atoms with E-state index in [1.807, 2.05) is 128 Å². The number of nitrogens with two attached hydrogens (primary N) is 1. The van der Waals surface area contributed by atoms with Crippen LogP contribution in [0.3, 0.4) is 0 Å². The smallest absolute Gasteiger partial charge is 0.320 e. The van der Waals surface area contributed by atoms with Gasteiger partial charge in [-0.05, 0) is 65.5 Å². The van der Waals surface area contributed by atoms with Gasteiger partial charge in [0.2, 0.25) is 0 Å². The summed E-state index contributed by atoms with van der Waals surface area (Å²) in [5.41, 5.74) is 18.3. The number of hydrogen-bond donors (Lipinski definition) is 6. The predicted octanol–water partition coefficient (Wildman–Crippen LogP) is 11.4. The third kappa shape index (κ3) is 16.8. The van der Waals surface area contributed by atoms with E-state index in [1.165, 1.54) is 35.0 Å². The number of nitrogens with one attached hydrogen (secondary N) is 5. The van der Waals surface area contributed by atoms with Crippen LogP contribution in [0.5, 0.6) is 0 Å². The molecular formula is C61H76N10O2. The van der Waals surface area contributed by atoms with Gasteiger partial charge in [-0.2, -0.15) is 10.2 Å². The van der Waals surface area contributed by atoms with E-state index < -0.39 is 0 Å². The summed E-state index contributed by atoms with van der Waals surface area (Å²) >= 11 is 0. The molecule has 0 radical (unpaired) electrons. The summed E-state index contributed by atoms with van der Waals surface area (Å²) in [4.78, 5) is 27.5. The lowest BCUT2D eigenvalue weighted by Crippen LogP contribution is -2.44. The number of hydrogen-bond acceptors (Lipinski definition) is 8. The molecule has 0 saturated carbocycles. The average Bonchev–Trinajstić information content (AvgIpc) is 4.11. The molecule has 2 aromatic heterocycles. The fourth-order valence-electron chi connectivity index (χ4n) is 8.19. The van der Waals surface area contributed by atoms with Gasteiger partial charge < -0.3 is 31.5 Å². The van der Waals surface area contributed by atoms with Crippen LogP contribution >= 0.6 is 0 Å². The number of carbonyl (C=O) groups excluding carboxylic acids is 2. The van der Waals surface area contributed by atoms with Gasteiger partial charge in [0.1, 0.15) is 0 Å².